The molecule has 4 aromatic rings. The molecule has 0 atom stereocenters. The van der Waals surface area contributed by atoms with Crippen molar-refractivity contribution < 1.29 is 27.4 Å². The number of methoxy groups -OCH3 is 1. The van der Waals surface area contributed by atoms with E-state index < -0.39 is 27.4 Å². The van der Waals surface area contributed by atoms with Crippen LogP contribution in [0.15, 0.2) is 71.6 Å². The predicted octanol–water partition coefficient (Wildman–Crippen LogP) is 6.46. The zero-order chi connectivity index (χ0) is 24.6. The molecule has 0 aromatic heterocycles. The molecule has 0 saturated heterocycles. The van der Waals surface area contributed by atoms with Crippen molar-refractivity contribution in [3.8, 4) is 16.9 Å². The van der Waals surface area contributed by atoms with E-state index in [4.69, 9.17) is 33.0 Å². The van der Waals surface area contributed by atoms with Gasteiger partial charge in [-0.3, -0.25) is 4.72 Å². The summed E-state index contributed by atoms with van der Waals surface area (Å²) in [6.07, 6.45) is 0. The van der Waals surface area contributed by atoms with Crippen LogP contribution in [0.1, 0.15) is 10.4 Å². The number of rotatable bonds is 6. The van der Waals surface area contributed by atoms with E-state index in [2.05, 4.69) is 4.72 Å². The summed E-state index contributed by atoms with van der Waals surface area (Å²) < 4.78 is 48.6. The minimum absolute atomic E-state index is 0.0915. The SMILES string of the molecule is COc1c(-c2ccc(Cl)c(Cl)c2)cc(S(=O)(=O)Nc2ccc(F)c(C(=O)O)c2)c2ccccc12. The normalized spacial score (nSPS) is 11.4. The summed E-state index contributed by atoms with van der Waals surface area (Å²) in [6.45, 7) is 0. The van der Waals surface area contributed by atoms with Crippen LogP contribution in [0.5, 0.6) is 5.75 Å². The van der Waals surface area contributed by atoms with Gasteiger partial charge in [-0.1, -0.05) is 53.5 Å². The van der Waals surface area contributed by atoms with E-state index >= 15 is 0 Å². The maximum Gasteiger partial charge on any atom is 0.338 e. The number of sulfonamides is 1. The molecular formula is C24H16Cl2FNO5S. The van der Waals surface area contributed by atoms with Crippen LogP contribution in [-0.2, 0) is 10.0 Å². The number of carboxylic acids is 1. The van der Waals surface area contributed by atoms with Crippen LogP contribution in [0.4, 0.5) is 10.1 Å². The molecular weight excluding hydrogens is 504 g/mol. The summed E-state index contributed by atoms with van der Waals surface area (Å²) >= 11 is 12.2. The molecule has 0 amide bonds. The monoisotopic (exact) mass is 519 g/mol. The highest BCUT2D eigenvalue weighted by Crippen LogP contribution is 2.42. The van der Waals surface area contributed by atoms with Crippen LogP contribution < -0.4 is 9.46 Å². The molecule has 0 saturated carbocycles. The third-order valence-corrected chi connectivity index (χ3v) is 7.29. The predicted molar refractivity (Wildman–Crippen MR) is 130 cm³/mol. The second-order valence-corrected chi connectivity index (χ2v) is 9.70. The Balaban J connectivity index is 1.94. The van der Waals surface area contributed by atoms with Crippen molar-refractivity contribution in [2.24, 2.45) is 0 Å². The minimum Gasteiger partial charge on any atom is -0.495 e. The molecule has 4 rings (SSSR count). The number of benzene rings is 4. The van der Waals surface area contributed by atoms with Gasteiger partial charge in [0.25, 0.3) is 10.0 Å². The van der Waals surface area contributed by atoms with Crippen LogP contribution in [0.3, 0.4) is 0 Å². The Morgan fingerprint density at radius 3 is 2.32 bits per heavy atom. The molecule has 0 fully saturated rings. The summed E-state index contributed by atoms with van der Waals surface area (Å²) in [5, 5.41) is 10.7. The highest BCUT2D eigenvalue weighted by Gasteiger charge is 2.24. The average Bonchev–Trinajstić information content (AvgIpc) is 2.80. The summed E-state index contributed by atoms with van der Waals surface area (Å²) in [5.74, 6) is -2.06. The smallest absolute Gasteiger partial charge is 0.338 e. The van der Waals surface area contributed by atoms with Gasteiger partial charge >= 0.3 is 5.97 Å². The third-order valence-electron chi connectivity index (χ3n) is 5.13. The van der Waals surface area contributed by atoms with E-state index in [1.807, 2.05) is 0 Å². The largest absolute Gasteiger partial charge is 0.495 e. The molecule has 0 bridgehead atoms. The van der Waals surface area contributed by atoms with Gasteiger partial charge in [-0.05, 0) is 42.0 Å². The molecule has 10 heteroatoms. The molecule has 2 N–H and O–H groups in total. The molecule has 6 nitrogen and oxygen atoms in total. The fraction of sp³-hybridized carbons (Fsp3) is 0.0417. The van der Waals surface area contributed by atoms with Gasteiger partial charge < -0.3 is 9.84 Å². The molecule has 34 heavy (non-hydrogen) atoms. The first-order valence-electron chi connectivity index (χ1n) is 9.73. The lowest BCUT2D eigenvalue weighted by Gasteiger charge is -2.17. The van der Waals surface area contributed by atoms with Gasteiger partial charge in [0.2, 0.25) is 0 Å². The molecule has 0 aliphatic carbocycles. The topological polar surface area (TPSA) is 92.7 Å². The van der Waals surface area contributed by atoms with Crippen molar-refractivity contribution in [3.05, 3.63) is 88.2 Å². The van der Waals surface area contributed by atoms with E-state index in [1.165, 1.54) is 13.2 Å². The first-order chi connectivity index (χ1) is 16.1. The van der Waals surface area contributed by atoms with Gasteiger partial charge in [0.05, 0.1) is 27.6 Å². The number of ether oxygens (including phenoxy) is 1. The van der Waals surface area contributed by atoms with Crippen LogP contribution in [0.25, 0.3) is 21.9 Å². The van der Waals surface area contributed by atoms with E-state index in [1.54, 1.807) is 42.5 Å². The van der Waals surface area contributed by atoms with Crippen molar-refractivity contribution in [3.63, 3.8) is 0 Å². The van der Waals surface area contributed by atoms with Crippen LogP contribution in [0, 0.1) is 5.82 Å². The lowest BCUT2D eigenvalue weighted by atomic mass is 9.99. The van der Waals surface area contributed by atoms with Gasteiger partial charge in [-0.25, -0.2) is 17.6 Å². The van der Waals surface area contributed by atoms with Gasteiger partial charge in [-0.2, -0.15) is 0 Å². The molecule has 4 aromatic carbocycles. The summed E-state index contributed by atoms with van der Waals surface area (Å²) in [5.41, 5.74) is 0.264. The second kappa shape index (κ2) is 9.13. The van der Waals surface area contributed by atoms with Crippen molar-refractivity contribution in [2.75, 3.05) is 11.8 Å². The summed E-state index contributed by atoms with van der Waals surface area (Å²) in [7, 11) is -2.78. The Kier molecular flexibility index (Phi) is 6.40. The van der Waals surface area contributed by atoms with E-state index in [-0.39, 0.29) is 15.6 Å². The number of fused-ring (bicyclic) bond motifs is 1. The maximum absolute atomic E-state index is 13.8. The molecule has 0 spiro atoms. The van der Waals surface area contributed by atoms with Gasteiger partial charge in [-0.15, -0.1) is 0 Å². The zero-order valence-corrected chi connectivity index (χ0v) is 19.8. The number of carbonyl (C=O) groups is 1. The maximum atomic E-state index is 13.8. The number of nitrogens with one attached hydrogen (secondary N) is 1. The van der Waals surface area contributed by atoms with Crippen molar-refractivity contribution in [1.29, 1.82) is 0 Å². The Morgan fingerprint density at radius 1 is 0.971 bits per heavy atom. The van der Waals surface area contributed by atoms with E-state index in [0.717, 1.165) is 18.2 Å². The Hall–Kier alpha value is -3.33. The fourth-order valence-electron chi connectivity index (χ4n) is 3.60. The number of anilines is 1. The number of hydrogen-bond donors (Lipinski definition) is 2. The fourth-order valence-corrected chi connectivity index (χ4v) is 5.18. The highest BCUT2D eigenvalue weighted by atomic mass is 35.5. The summed E-state index contributed by atoms with van der Waals surface area (Å²) in [6, 6.07) is 16.0. The molecule has 0 unspecified atom stereocenters. The standard InChI is InChI=1S/C24H16Cl2FNO5S/c1-33-23-16-5-3-2-4-15(16)22(12-17(23)13-6-8-19(25)20(26)10-13)34(31,32)28-14-7-9-21(27)18(11-14)24(29)30/h2-12,28H,1H3,(H,29,30). The number of hydrogen-bond acceptors (Lipinski definition) is 4. The van der Waals surface area contributed by atoms with Crippen LogP contribution in [-0.4, -0.2) is 26.6 Å². The first kappa shape index (κ1) is 23.8. The van der Waals surface area contributed by atoms with E-state index in [9.17, 15) is 17.6 Å². The van der Waals surface area contributed by atoms with Crippen LogP contribution in [0.2, 0.25) is 10.0 Å². The Labute approximate surface area is 204 Å². The van der Waals surface area contributed by atoms with Gasteiger partial charge in [0, 0.05) is 22.0 Å². The minimum atomic E-state index is -4.25. The Morgan fingerprint density at radius 2 is 1.68 bits per heavy atom. The average molecular weight is 520 g/mol. The number of carboxylic acid groups (broad SMARTS) is 1. The van der Waals surface area contributed by atoms with Gasteiger partial charge in [0.15, 0.2) is 0 Å². The molecule has 174 valence electrons. The van der Waals surface area contributed by atoms with E-state index in [0.29, 0.717) is 32.7 Å². The lowest BCUT2D eigenvalue weighted by Crippen LogP contribution is -2.15. The molecule has 0 heterocycles. The van der Waals surface area contributed by atoms with Gasteiger partial charge in [0.1, 0.15) is 11.6 Å². The van der Waals surface area contributed by atoms with Crippen molar-refractivity contribution in [2.45, 2.75) is 4.90 Å². The first-order valence-corrected chi connectivity index (χ1v) is 12.0. The van der Waals surface area contributed by atoms with Crippen LogP contribution >= 0.6 is 23.2 Å². The zero-order valence-electron chi connectivity index (χ0n) is 17.5. The third kappa shape index (κ3) is 4.40. The lowest BCUT2D eigenvalue weighted by molar-refractivity contribution is 0.0692. The summed E-state index contributed by atoms with van der Waals surface area (Å²) in [4.78, 5) is 11.2. The Bertz CT molecular complexity index is 1560. The van der Waals surface area contributed by atoms with Crippen molar-refractivity contribution in [1.82, 2.24) is 0 Å². The number of aromatic carboxylic acids is 1. The molecule has 0 radical (unpaired) electrons. The van der Waals surface area contributed by atoms with Crippen molar-refractivity contribution >= 4 is 55.7 Å². The second-order valence-electron chi connectivity index (χ2n) is 7.24. The highest BCUT2D eigenvalue weighted by molar-refractivity contribution is 7.93. The molecule has 0 aliphatic rings. The quantitative estimate of drug-likeness (QED) is 0.305. The molecule has 0 aliphatic heterocycles. The number of halogens is 3.